The van der Waals surface area contributed by atoms with E-state index in [1.807, 2.05) is 25.8 Å². The maximum Gasteiger partial charge on any atom is 0.249 e. The van der Waals surface area contributed by atoms with Crippen LogP contribution in [0.25, 0.3) is 0 Å². The summed E-state index contributed by atoms with van der Waals surface area (Å²) in [7, 11) is 1.83. The molecule has 0 radical (unpaired) electrons. The average molecular weight is 233 g/mol. The summed E-state index contributed by atoms with van der Waals surface area (Å²) in [5, 5.41) is 0. The topological polar surface area (TPSA) is 50.5 Å². The van der Waals surface area contributed by atoms with Crippen LogP contribution in [-0.2, 0) is 6.42 Å². The van der Waals surface area contributed by atoms with Gasteiger partial charge in [0, 0.05) is 25.1 Å². The van der Waals surface area contributed by atoms with Gasteiger partial charge in [-0.05, 0) is 26.0 Å². The van der Waals surface area contributed by atoms with Gasteiger partial charge in [0.15, 0.2) is 0 Å². The van der Waals surface area contributed by atoms with E-state index in [0.717, 1.165) is 0 Å². The summed E-state index contributed by atoms with van der Waals surface area (Å²) in [6, 6.07) is 3.76. The second-order valence-corrected chi connectivity index (χ2v) is 4.45. The van der Waals surface area contributed by atoms with E-state index < -0.39 is 0 Å². The van der Waals surface area contributed by atoms with Gasteiger partial charge in [-0.3, -0.25) is 9.59 Å². The van der Waals surface area contributed by atoms with Gasteiger partial charge in [-0.2, -0.15) is 0 Å². The molecule has 0 saturated heterocycles. The van der Waals surface area contributed by atoms with Crippen molar-refractivity contribution < 1.29 is 4.42 Å². The van der Waals surface area contributed by atoms with Crippen LogP contribution in [0.2, 0.25) is 0 Å². The molecule has 4 nitrogen and oxygen atoms in total. The SMILES string of the molecule is CC(C)N(C)c1c(Cc2ccco2)c(=O)c1=O. The lowest BCUT2D eigenvalue weighted by atomic mass is 10.0. The molecular formula is C13H15NO3. The van der Waals surface area contributed by atoms with Gasteiger partial charge in [-0.15, -0.1) is 0 Å². The summed E-state index contributed by atoms with van der Waals surface area (Å²) < 4.78 is 5.20. The van der Waals surface area contributed by atoms with Crippen LogP contribution >= 0.6 is 0 Å². The van der Waals surface area contributed by atoms with Crippen molar-refractivity contribution in [1.29, 1.82) is 0 Å². The van der Waals surface area contributed by atoms with E-state index in [0.29, 0.717) is 23.4 Å². The number of anilines is 1. The molecule has 0 spiro atoms. The predicted molar refractivity (Wildman–Crippen MR) is 66.4 cm³/mol. The fraction of sp³-hybridized carbons (Fsp3) is 0.385. The molecule has 2 aromatic rings. The van der Waals surface area contributed by atoms with Crippen molar-refractivity contribution in [2.45, 2.75) is 26.3 Å². The molecule has 1 aromatic carbocycles. The molecule has 0 atom stereocenters. The molecule has 0 amide bonds. The minimum Gasteiger partial charge on any atom is -0.469 e. The van der Waals surface area contributed by atoms with Gasteiger partial charge in [0.25, 0.3) is 0 Å². The fourth-order valence-corrected chi connectivity index (χ4v) is 1.81. The molecule has 0 N–H and O–H groups in total. The highest BCUT2D eigenvalue weighted by molar-refractivity contribution is 5.59. The smallest absolute Gasteiger partial charge is 0.249 e. The molecule has 1 heterocycles. The maximum atomic E-state index is 11.6. The van der Waals surface area contributed by atoms with Crippen molar-refractivity contribution in [3.8, 4) is 0 Å². The second-order valence-electron chi connectivity index (χ2n) is 4.45. The van der Waals surface area contributed by atoms with Gasteiger partial charge in [0.2, 0.25) is 10.9 Å². The Balaban J connectivity index is 2.33. The van der Waals surface area contributed by atoms with Crippen LogP contribution in [-0.4, -0.2) is 13.1 Å². The second kappa shape index (κ2) is 4.20. The minimum absolute atomic E-state index is 0.189. The summed E-state index contributed by atoms with van der Waals surface area (Å²) in [5.74, 6) is 0.704. The lowest BCUT2D eigenvalue weighted by molar-refractivity contribution is 0.519. The standard InChI is InChI=1S/C13H15NO3/c1-8(2)14(3)11-10(12(15)13(11)16)7-9-5-4-6-17-9/h4-6,8H,7H2,1-3H3. The largest absolute Gasteiger partial charge is 0.469 e. The molecule has 17 heavy (non-hydrogen) atoms. The molecule has 0 aliphatic carbocycles. The van der Waals surface area contributed by atoms with Gasteiger partial charge < -0.3 is 9.32 Å². The molecule has 0 bridgehead atoms. The van der Waals surface area contributed by atoms with Crippen LogP contribution in [0.3, 0.4) is 0 Å². The van der Waals surface area contributed by atoms with E-state index in [4.69, 9.17) is 4.42 Å². The summed E-state index contributed by atoms with van der Waals surface area (Å²) in [4.78, 5) is 25.0. The van der Waals surface area contributed by atoms with E-state index in [2.05, 4.69) is 0 Å². The molecule has 2 rings (SSSR count). The Hall–Kier alpha value is -1.84. The van der Waals surface area contributed by atoms with E-state index in [1.54, 1.807) is 18.4 Å². The molecule has 0 fully saturated rings. The predicted octanol–water partition coefficient (Wildman–Crippen LogP) is 1.31. The Kier molecular flexibility index (Phi) is 2.88. The number of rotatable bonds is 4. The molecule has 0 aliphatic heterocycles. The van der Waals surface area contributed by atoms with Crippen molar-refractivity contribution in [3.05, 3.63) is 50.2 Å². The first-order valence-electron chi connectivity index (χ1n) is 5.59. The Labute approximate surface area is 99.2 Å². The monoisotopic (exact) mass is 233 g/mol. The van der Waals surface area contributed by atoms with Gasteiger partial charge in [0.05, 0.1) is 12.0 Å². The Morgan fingerprint density at radius 2 is 2.00 bits per heavy atom. The van der Waals surface area contributed by atoms with E-state index in [-0.39, 0.29) is 16.9 Å². The highest BCUT2D eigenvalue weighted by Gasteiger charge is 2.25. The molecule has 0 unspecified atom stereocenters. The highest BCUT2D eigenvalue weighted by Crippen LogP contribution is 2.19. The van der Waals surface area contributed by atoms with Crippen LogP contribution in [0.5, 0.6) is 0 Å². The van der Waals surface area contributed by atoms with Crippen LogP contribution in [0.1, 0.15) is 25.2 Å². The molecule has 1 aromatic heterocycles. The van der Waals surface area contributed by atoms with Crippen LogP contribution < -0.4 is 15.8 Å². The lowest BCUT2D eigenvalue weighted by Crippen LogP contribution is -2.44. The van der Waals surface area contributed by atoms with Gasteiger partial charge >= 0.3 is 0 Å². The van der Waals surface area contributed by atoms with E-state index >= 15 is 0 Å². The first kappa shape index (κ1) is 11.6. The van der Waals surface area contributed by atoms with Gasteiger partial charge in [-0.25, -0.2) is 0 Å². The summed E-state index contributed by atoms with van der Waals surface area (Å²) in [6.07, 6.45) is 1.96. The fourth-order valence-electron chi connectivity index (χ4n) is 1.81. The van der Waals surface area contributed by atoms with E-state index in [1.165, 1.54) is 0 Å². The van der Waals surface area contributed by atoms with Crippen molar-refractivity contribution >= 4 is 5.69 Å². The summed E-state index contributed by atoms with van der Waals surface area (Å²) in [6.45, 7) is 3.96. The Morgan fingerprint density at radius 3 is 2.53 bits per heavy atom. The maximum absolute atomic E-state index is 11.6. The quantitative estimate of drug-likeness (QED) is 0.747. The van der Waals surface area contributed by atoms with E-state index in [9.17, 15) is 9.59 Å². The van der Waals surface area contributed by atoms with Crippen molar-refractivity contribution in [2.75, 3.05) is 11.9 Å². The third-order valence-corrected chi connectivity index (χ3v) is 3.04. The summed E-state index contributed by atoms with van der Waals surface area (Å²) >= 11 is 0. The highest BCUT2D eigenvalue weighted by atomic mass is 16.3. The van der Waals surface area contributed by atoms with Crippen LogP contribution in [0.15, 0.2) is 32.4 Å². The van der Waals surface area contributed by atoms with Crippen molar-refractivity contribution in [2.24, 2.45) is 0 Å². The molecule has 0 aliphatic rings. The number of hydrogen-bond donors (Lipinski definition) is 0. The Bertz CT molecular complexity index is 574. The number of nitrogens with zero attached hydrogens (tertiary/aromatic N) is 1. The summed E-state index contributed by atoms with van der Waals surface area (Å²) in [5.41, 5.74) is 0.314. The number of furan rings is 1. The zero-order valence-corrected chi connectivity index (χ0v) is 10.2. The minimum atomic E-state index is -0.386. The zero-order valence-electron chi connectivity index (χ0n) is 10.2. The molecule has 4 heteroatoms. The lowest BCUT2D eigenvalue weighted by Gasteiger charge is -2.26. The van der Waals surface area contributed by atoms with Crippen LogP contribution in [0.4, 0.5) is 5.69 Å². The van der Waals surface area contributed by atoms with Gasteiger partial charge in [-0.1, -0.05) is 0 Å². The average Bonchev–Trinajstić information content (AvgIpc) is 2.80. The molecular weight excluding hydrogens is 218 g/mol. The normalized spacial score (nSPS) is 11.3. The molecule has 90 valence electrons. The first-order chi connectivity index (χ1) is 8.02. The third-order valence-electron chi connectivity index (χ3n) is 3.04. The van der Waals surface area contributed by atoms with Crippen molar-refractivity contribution in [3.63, 3.8) is 0 Å². The Morgan fingerprint density at radius 1 is 1.29 bits per heavy atom. The van der Waals surface area contributed by atoms with Crippen LogP contribution in [0, 0.1) is 0 Å². The first-order valence-corrected chi connectivity index (χ1v) is 5.59. The zero-order chi connectivity index (χ0) is 12.6. The third kappa shape index (κ3) is 1.90. The number of hydrogen-bond acceptors (Lipinski definition) is 4. The molecule has 0 saturated carbocycles. The van der Waals surface area contributed by atoms with Crippen molar-refractivity contribution in [1.82, 2.24) is 0 Å². The van der Waals surface area contributed by atoms with Gasteiger partial charge in [0.1, 0.15) is 5.76 Å².